The number of aryl methyl sites for hydroxylation is 1. The molecule has 20 heavy (non-hydrogen) atoms. The molecule has 4 nitrogen and oxygen atoms in total. The maximum absolute atomic E-state index is 13.9. The van der Waals surface area contributed by atoms with E-state index in [4.69, 9.17) is 5.11 Å². The lowest BCUT2D eigenvalue weighted by molar-refractivity contribution is -0.141. The summed E-state index contributed by atoms with van der Waals surface area (Å²) in [6.45, 7) is 4.56. The number of benzene rings is 1. The number of carboxylic acid groups (broad SMARTS) is 1. The van der Waals surface area contributed by atoms with Crippen molar-refractivity contribution in [3.63, 3.8) is 0 Å². The zero-order valence-corrected chi connectivity index (χ0v) is 11.6. The molecule has 1 aromatic carbocycles. The van der Waals surface area contributed by atoms with Gasteiger partial charge in [-0.25, -0.2) is 8.78 Å². The minimum absolute atomic E-state index is 0.0997. The van der Waals surface area contributed by atoms with Gasteiger partial charge < -0.3 is 10.0 Å². The zero-order chi connectivity index (χ0) is 15.4. The summed E-state index contributed by atoms with van der Waals surface area (Å²) < 4.78 is 27.6. The standard InChI is InChI=1S/C14H17F2NO3/c1-4-17(7-9(3)14(19)20)13(18)11-10(15)6-5-8(2)12(11)16/h5-6,9H,4,7H2,1-3H3,(H,19,20). The van der Waals surface area contributed by atoms with E-state index in [1.54, 1.807) is 6.92 Å². The van der Waals surface area contributed by atoms with E-state index in [0.717, 1.165) is 11.0 Å². The van der Waals surface area contributed by atoms with Gasteiger partial charge in [0.1, 0.15) is 17.2 Å². The highest BCUT2D eigenvalue weighted by Gasteiger charge is 2.26. The summed E-state index contributed by atoms with van der Waals surface area (Å²) in [5.74, 6) is -4.56. The third-order valence-electron chi connectivity index (χ3n) is 3.08. The van der Waals surface area contributed by atoms with Crippen molar-refractivity contribution >= 4 is 11.9 Å². The smallest absolute Gasteiger partial charge is 0.308 e. The van der Waals surface area contributed by atoms with Crippen molar-refractivity contribution in [1.29, 1.82) is 0 Å². The van der Waals surface area contributed by atoms with Crippen LogP contribution in [0.15, 0.2) is 12.1 Å². The van der Waals surface area contributed by atoms with Crippen molar-refractivity contribution in [2.24, 2.45) is 5.92 Å². The Hall–Kier alpha value is -1.98. The molecule has 0 fully saturated rings. The molecule has 0 aliphatic rings. The first-order chi connectivity index (χ1) is 9.29. The van der Waals surface area contributed by atoms with Crippen molar-refractivity contribution in [3.05, 3.63) is 34.9 Å². The van der Waals surface area contributed by atoms with E-state index in [9.17, 15) is 18.4 Å². The maximum Gasteiger partial charge on any atom is 0.308 e. The van der Waals surface area contributed by atoms with E-state index in [1.807, 2.05) is 0 Å². The van der Waals surface area contributed by atoms with Gasteiger partial charge in [-0.1, -0.05) is 13.0 Å². The predicted octanol–water partition coefficient (Wildman–Crippen LogP) is 2.46. The van der Waals surface area contributed by atoms with Gasteiger partial charge in [-0.2, -0.15) is 0 Å². The number of rotatable bonds is 5. The van der Waals surface area contributed by atoms with E-state index < -0.39 is 35.0 Å². The largest absolute Gasteiger partial charge is 0.481 e. The van der Waals surface area contributed by atoms with E-state index in [-0.39, 0.29) is 18.7 Å². The molecule has 1 amide bonds. The van der Waals surface area contributed by atoms with Crippen LogP contribution in [-0.4, -0.2) is 35.0 Å². The fourth-order valence-corrected chi connectivity index (χ4v) is 1.78. The quantitative estimate of drug-likeness (QED) is 0.904. The SMILES string of the molecule is CCN(CC(C)C(=O)O)C(=O)c1c(F)ccc(C)c1F. The molecule has 0 aromatic heterocycles. The third kappa shape index (κ3) is 3.31. The first-order valence-electron chi connectivity index (χ1n) is 6.26. The lowest BCUT2D eigenvalue weighted by Crippen LogP contribution is -2.37. The van der Waals surface area contributed by atoms with Gasteiger partial charge in [-0.15, -0.1) is 0 Å². The normalized spacial score (nSPS) is 12.1. The summed E-state index contributed by atoms with van der Waals surface area (Å²) in [6.07, 6.45) is 0. The number of carbonyl (C=O) groups excluding carboxylic acids is 1. The highest BCUT2D eigenvalue weighted by molar-refractivity contribution is 5.95. The lowest BCUT2D eigenvalue weighted by Gasteiger charge is -2.23. The Labute approximate surface area is 116 Å². The van der Waals surface area contributed by atoms with Crippen LogP contribution in [-0.2, 0) is 4.79 Å². The van der Waals surface area contributed by atoms with Gasteiger partial charge in [0.15, 0.2) is 0 Å². The Morgan fingerprint density at radius 2 is 1.95 bits per heavy atom. The molecular weight excluding hydrogens is 268 g/mol. The summed E-state index contributed by atoms with van der Waals surface area (Å²) in [5.41, 5.74) is -0.471. The fourth-order valence-electron chi connectivity index (χ4n) is 1.78. The van der Waals surface area contributed by atoms with Crippen LogP contribution in [0.1, 0.15) is 29.8 Å². The molecule has 1 unspecified atom stereocenters. The van der Waals surface area contributed by atoms with Gasteiger partial charge in [0.2, 0.25) is 0 Å². The molecule has 0 saturated carbocycles. The van der Waals surface area contributed by atoms with Crippen LogP contribution >= 0.6 is 0 Å². The molecule has 0 radical (unpaired) electrons. The molecule has 1 rings (SSSR count). The lowest BCUT2D eigenvalue weighted by atomic mass is 10.1. The molecule has 1 atom stereocenters. The first-order valence-corrected chi connectivity index (χ1v) is 6.26. The molecular formula is C14H17F2NO3. The molecule has 0 aliphatic carbocycles. The van der Waals surface area contributed by atoms with Crippen LogP contribution in [0.25, 0.3) is 0 Å². The monoisotopic (exact) mass is 285 g/mol. The highest BCUT2D eigenvalue weighted by Crippen LogP contribution is 2.19. The number of aliphatic carboxylic acids is 1. The Bertz CT molecular complexity index is 531. The summed E-state index contributed by atoms with van der Waals surface area (Å²) in [5, 5.41) is 8.85. The minimum Gasteiger partial charge on any atom is -0.481 e. The van der Waals surface area contributed by atoms with Crippen molar-refractivity contribution in [2.75, 3.05) is 13.1 Å². The second-order valence-corrected chi connectivity index (χ2v) is 4.64. The van der Waals surface area contributed by atoms with Crippen LogP contribution in [0.4, 0.5) is 8.78 Å². The number of nitrogens with zero attached hydrogens (tertiary/aromatic N) is 1. The number of amides is 1. The Balaban J connectivity index is 3.09. The summed E-state index contributed by atoms with van der Waals surface area (Å²) >= 11 is 0. The molecule has 0 saturated heterocycles. The Kier molecular flexibility index (Phi) is 5.19. The van der Waals surface area contributed by atoms with E-state index in [2.05, 4.69) is 0 Å². The van der Waals surface area contributed by atoms with Gasteiger partial charge in [0.05, 0.1) is 5.92 Å². The van der Waals surface area contributed by atoms with Gasteiger partial charge in [0.25, 0.3) is 5.91 Å². The molecule has 1 aromatic rings. The van der Waals surface area contributed by atoms with E-state index in [0.29, 0.717) is 0 Å². The van der Waals surface area contributed by atoms with Crippen LogP contribution in [0.3, 0.4) is 0 Å². The fraction of sp³-hybridized carbons (Fsp3) is 0.429. The molecule has 0 spiro atoms. The van der Waals surface area contributed by atoms with Crippen LogP contribution < -0.4 is 0 Å². The number of hydrogen-bond donors (Lipinski definition) is 1. The van der Waals surface area contributed by atoms with Gasteiger partial charge in [0, 0.05) is 13.1 Å². The third-order valence-corrected chi connectivity index (χ3v) is 3.08. The van der Waals surface area contributed by atoms with Crippen LogP contribution in [0, 0.1) is 24.5 Å². The Morgan fingerprint density at radius 3 is 2.45 bits per heavy atom. The van der Waals surface area contributed by atoms with E-state index >= 15 is 0 Å². The van der Waals surface area contributed by atoms with Gasteiger partial charge in [-0.3, -0.25) is 9.59 Å². The topological polar surface area (TPSA) is 57.6 Å². The summed E-state index contributed by atoms with van der Waals surface area (Å²) in [6, 6.07) is 2.28. The summed E-state index contributed by atoms with van der Waals surface area (Å²) in [4.78, 5) is 24.1. The molecule has 6 heteroatoms. The first kappa shape index (κ1) is 16.1. The second kappa shape index (κ2) is 6.45. The number of halogens is 2. The molecule has 1 N–H and O–H groups in total. The molecule has 0 aliphatic heterocycles. The van der Waals surface area contributed by atoms with Gasteiger partial charge >= 0.3 is 5.97 Å². The number of carbonyl (C=O) groups is 2. The van der Waals surface area contributed by atoms with Crippen LogP contribution in [0.5, 0.6) is 0 Å². The van der Waals surface area contributed by atoms with Crippen molar-refractivity contribution in [2.45, 2.75) is 20.8 Å². The average Bonchev–Trinajstić information content (AvgIpc) is 2.40. The average molecular weight is 285 g/mol. The number of carboxylic acids is 1. The second-order valence-electron chi connectivity index (χ2n) is 4.64. The zero-order valence-electron chi connectivity index (χ0n) is 11.6. The summed E-state index contributed by atoms with van der Waals surface area (Å²) in [7, 11) is 0. The number of hydrogen-bond acceptors (Lipinski definition) is 2. The maximum atomic E-state index is 13.9. The van der Waals surface area contributed by atoms with Crippen molar-refractivity contribution < 1.29 is 23.5 Å². The van der Waals surface area contributed by atoms with Crippen molar-refractivity contribution in [1.82, 2.24) is 4.90 Å². The molecule has 110 valence electrons. The minimum atomic E-state index is -1.07. The molecule has 0 bridgehead atoms. The van der Waals surface area contributed by atoms with Crippen molar-refractivity contribution in [3.8, 4) is 0 Å². The van der Waals surface area contributed by atoms with Gasteiger partial charge in [-0.05, 0) is 25.5 Å². The Morgan fingerprint density at radius 1 is 1.35 bits per heavy atom. The highest BCUT2D eigenvalue weighted by atomic mass is 19.1. The van der Waals surface area contributed by atoms with E-state index in [1.165, 1.54) is 19.9 Å². The molecule has 0 heterocycles. The predicted molar refractivity (Wildman–Crippen MR) is 69.5 cm³/mol. The van der Waals surface area contributed by atoms with Crippen LogP contribution in [0.2, 0.25) is 0 Å².